The number of nitrogens with zero attached hydrogens (tertiary/aromatic N) is 3. The summed E-state index contributed by atoms with van der Waals surface area (Å²) < 4.78 is 15.3. The number of halogens is 1. The van der Waals surface area contributed by atoms with E-state index in [2.05, 4.69) is 15.4 Å². The molecule has 0 fully saturated rings. The van der Waals surface area contributed by atoms with Gasteiger partial charge in [0.05, 0.1) is 6.04 Å². The second-order valence-electron chi connectivity index (χ2n) is 4.33. The zero-order chi connectivity index (χ0) is 13.2. The van der Waals surface area contributed by atoms with E-state index in [9.17, 15) is 4.39 Å². The first-order chi connectivity index (χ1) is 9.24. The number of nitrogens with one attached hydrogen (secondary N) is 1. The average Bonchev–Trinajstić information content (AvgIpc) is 2.81. The molecule has 0 aliphatic rings. The molecule has 1 aromatic carbocycles. The Bertz CT molecular complexity index is 674. The number of pyridine rings is 1. The van der Waals surface area contributed by atoms with Gasteiger partial charge in [0.1, 0.15) is 5.82 Å². The van der Waals surface area contributed by atoms with Crippen LogP contribution in [0.2, 0.25) is 0 Å². The quantitative estimate of drug-likeness (QED) is 0.783. The number of anilines is 1. The first-order valence-corrected chi connectivity index (χ1v) is 6.06. The van der Waals surface area contributed by atoms with Crippen molar-refractivity contribution in [2.75, 3.05) is 5.32 Å². The molecule has 0 bridgehead atoms. The molecule has 0 saturated heterocycles. The van der Waals surface area contributed by atoms with Gasteiger partial charge in [-0.15, -0.1) is 5.10 Å². The van der Waals surface area contributed by atoms with Gasteiger partial charge in [-0.2, -0.15) is 4.98 Å². The minimum absolute atomic E-state index is 0.196. The van der Waals surface area contributed by atoms with Gasteiger partial charge in [-0.05, 0) is 25.1 Å². The summed E-state index contributed by atoms with van der Waals surface area (Å²) in [5, 5.41) is 7.39. The summed E-state index contributed by atoms with van der Waals surface area (Å²) in [5.41, 5.74) is 1.35. The average molecular weight is 256 g/mol. The Labute approximate surface area is 109 Å². The zero-order valence-corrected chi connectivity index (χ0v) is 10.4. The molecule has 0 saturated carbocycles. The second-order valence-corrected chi connectivity index (χ2v) is 4.33. The van der Waals surface area contributed by atoms with E-state index in [0.717, 1.165) is 5.65 Å². The molecule has 1 N–H and O–H groups in total. The first kappa shape index (κ1) is 11.6. The second kappa shape index (κ2) is 4.68. The van der Waals surface area contributed by atoms with E-state index in [1.54, 1.807) is 16.6 Å². The van der Waals surface area contributed by atoms with Crippen molar-refractivity contribution in [1.82, 2.24) is 14.6 Å². The maximum absolute atomic E-state index is 13.7. The lowest BCUT2D eigenvalue weighted by molar-refractivity contribution is 0.599. The number of aromatic nitrogens is 3. The smallest absolute Gasteiger partial charge is 0.243 e. The molecule has 3 rings (SSSR count). The van der Waals surface area contributed by atoms with Gasteiger partial charge in [0, 0.05) is 11.8 Å². The van der Waals surface area contributed by atoms with Crippen LogP contribution in [0.5, 0.6) is 0 Å². The van der Waals surface area contributed by atoms with Crippen LogP contribution in [0.1, 0.15) is 18.5 Å². The van der Waals surface area contributed by atoms with Gasteiger partial charge in [-0.1, -0.05) is 24.3 Å². The Morgan fingerprint density at radius 1 is 1.16 bits per heavy atom. The number of fused-ring (bicyclic) bond motifs is 1. The third-order valence-corrected chi connectivity index (χ3v) is 2.96. The predicted molar refractivity (Wildman–Crippen MR) is 71.4 cm³/mol. The lowest BCUT2D eigenvalue weighted by Crippen LogP contribution is -2.09. The summed E-state index contributed by atoms with van der Waals surface area (Å²) >= 11 is 0. The molecular formula is C14H13FN4. The monoisotopic (exact) mass is 256 g/mol. The number of hydrogen-bond donors (Lipinski definition) is 1. The summed E-state index contributed by atoms with van der Waals surface area (Å²) in [6.07, 6.45) is 1.82. The van der Waals surface area contributed by atoms with E-state index in [0.29, 0.717) is 11.5 Å². The Balaban J connectivity index is 1.86. The Hall–Kier alpha value is -2.43. The minimum atomic E-state index is -0.230. The molecule has 19 heavy (non-hydrogen) atoms. The fraction of sp³-hybridized carbons (Fsp3) is 0.143. The van der Waals surface area contributed by atoms with Crippen LogP contribution >= 0.6 is 0 Å². The van der Waals surface area contributed by atoms with E-state index < -0.39 is 0 Å². The Kier molecular flexibility index (Phi) is 2.87. The van der Waals surface area contributed by atoms with Crippen LogP contribution < -0.4 is 5.32 Å². The summed E-state index contributed by atoms with van der Waals surface area (Å²) in [4.78, 5) is 4.33. The van der Waals surface area contributed by atoms with E-state index in [-0.39, 0.29) is 11.9 Å². The predicted octanol–water partition coefficient (Wildman–Crippen LogP) is 3.04. The molecule has 1 atom stereocenters. The number of hydrogen-bond acceptors (Lipinski definition) is 3. The highest BCUT2D eigenvalue weighted by molar-refractivity contribution is 5.44. The van der Waals surface area contributed by atoms with Crippen LogP contribution in [0.4, 0.5) is 10.3 Å². The largest absolute Gasteiger partial charge is 0.346 e. The highest BCUT2D eigenvalue weighted by Crippen LogP contribution is 2.19. The molecule has 2 heterocycles. The van der Waals surface area contributed by atoms with Crippen molar-refractivity contribution in [1.29, 1.82) is 0 Å². The molecule has 2 aromatic heterocycles. The van der Waals surface area contributed by atoms with Crippen molar-refractivity contribution >= 4 is 11.6 Å². The van der Waals surface area contributed by atoms with E-state index in [1.165, 1.54) is 6.07 Å². The summed E-state index contributed by atoms with van der Waals surface area (Å²) in [7, 11) is 0. The van der Waals surface area contributed by atoms with Crippen LogP contribution in [0.25, 0.3) is 5.65 Å². The summed E-state index contributed by atoms with van der Waals surface area (Å²) in [6, 6.07) is 12.1. The van der Waals surface area contributed by atoms with Gasteiger partial charge in [-0.3, -0.25) is 0 Å². The molecule has 0 aliphatic heterocycles. The van der Waals surface area contributed by atoms with Gasteiger partial charge >= 0.3 is 0 Å². The lowest BCUT2D eigenvalue weighted by atomic mass is 10.1. The van der Waals surface area contributed by atoms with Gasteiger partial charge in [-0.25, -0.2) is 8.91 Å². The van der Waals surface area contributed by atoms with E-state index in [1.807, 2.05) is 37.4 Å². The number of rotatable bonds is 3. The first-order valence-electron chi connectivity index (χ1n) is 6.06. The molecule has 96 valence electrons. The fourth-order valence-electron chi connectivity index (χ4n) is 1.99. The van der Waals surface area contributed by atoms with E-state index >= 15 is 0 Å². The van der Waals surface area contributed by atoms with E-state index in [4.69, 9.17) is 0 Å². The maximum Gasteiger partial charge on any atom is 0.243 e. The molecule has 0 radical (unpaired) electrons. The standard InChI is InChI=1S/C14H13FN4/c1-10(11-6-2-3-7-12(11)15)16-14-17-13-8-4-5-9-19(13)18-14/h2-10H,1H3,(H,16,18). The third kappa shape index (κ3) is 2.27. The van der Waals surface area contributed by atoms with Crippen molar-refractivity contribution < 1.29 is 4.39 Å². The minimum Gasteiger partial charge on any atom is -0.346 e. The van der Waals surface area contributed by atoms with Gasteiger partial charge in [0.2, 0.25) is 5.95 Å². The van der Waals surface area contributed by atoms with Gasteiger partial charge < -0.3 is 5.32 Å². The van der Waals surface area contributed by atoms with Crippen molar-refractivity contribution in [3.05, 3.63) is 60.0 Å². The highest BCUT2D eigenvalue weighted by atomic mass is 19.1. The number of benzene rings is 1. The molecule has 0 amide bonds. The SMILES string of the molecule is CC(Nc1nc2ccccn2n1)c1ccccc1F. The lowest BCUT2D eigenvalue weighted by Gasteiger charge is -2.13. The molecule has 0 spiro atoms. The molecule has 4 nitrogen and oxygen atoms in total. The van der Waals surface area contributed by atoms with Crippen molar-refractivity contribution in [3.63, 3.8) is 0 Å². The summed E-state index contributed by atoms with van der Waals surface area (Å²) in [5.74, 6) is 0.258. The van der Waals surface area contributed by atoms with Crippen LogP contribution in [0.3, 0.4) is 0 Å². The fourth-order valence-corrected chi connectivity index (χ4v) is 1.99. The normalized spacial score (nSPS) is 12.5. The van der Waals surface area contributed by atoms with Crippen LogP contribution in [0.15, 0.2) is 48.7 Å². The maximum atomic E-state index is 13.7. The third-order valence-electron chi connectivity index (χ3n) is 2.96. The Morgan fingerprint density at radius 2 is 1.95 bits per heavy atom. The molecular weight excluding hydrogens is 243 g/mol. The van der Waals surface area contributed by atoms with Crippen LogP contribution in [0, 0.1) is 5.82 Å². The van der Waals surface area contributed by atoms with Crippen LogP contribution in [-0.4, -0.2) is 14.6 Å². The van der Waals surface area contributed by atoms with Crippen molar-refractivity contribution in [2.45, 2.75) is 13.0 Å². The van der Waals surface area contributed by atoms with Crippen molar-refractivity contribution in [2.24, 2.45) is 0 Å². The molecule has 0 aliphatic carbocycles. The van der Waals surface area contributed by atoms with Crippen molar-refractivity contribution in [3.8, 4) is 0 Å². The van der Waals surface area contributed by atoms with Gasteiger partial charge in [0.15, 0.2) is 5.65 Å². The Morgan fingerprint density at radius 3 is 2.74 bits per heavy atom. The highest BCUT2D eigenvalue weighted by Gasteiger charge is 2.12. The molecule has 1 unspecified atom stereocenters. The van der Waals surface area contributed by atoms with Crippen LogP contribution in [-0.2, 0) is 0 Å². The summed E-state index contributed by atoms with van der Waals surface area (Å²) in [6.45, 7) is 1.88. The van der Waals surface area contributed by atoms with Gasteiger partial charge in [0.25, 0.3) is 0 Å². The molecule has 3 aromatic rings. The molecule has 5 heteroatoms. The zero-order valence-electron chi connectivity index (χ0n) is 10.4. The topological polar surface area (TPSA) is 42.2 Å².